The SMILES string of the molecule is CCC1C(O)[C@H](COC[C@@H]2C(C(=O)O)O[C@@H](COC[C@@H]3C(CO)O[C@@H](COC[C@H]4C5CC4(O)C(O)[C@H](CO)O5)C(O)C3COC[C@@H]3OC4CC(O)(C3O)[C@@H]4O)C(O)C2O)OC(CO)[C@H]1O. The highest BCUT2D eigenvalue weighted by molar-refractivity contribution is 5.73. The summed E-state index contributed by atoms with van der Waals surface area (Å²) in [5.41, 5.74) is -3.32. The Morgan fingerprint density at radius 1 is 0.477 bits per heavy atom. The van der Waals surface area contributed by atoms with Gasteiger partial charge >= 0.3 is 5.97 Å². The number of carboxylic acids is 1. The van der Waals surface area contributed by atoms with Crippen molar-refractivity contribution in [3.05, 3.63) is 0 Å². The molecule has 14 N–H and O–H groups in total. The van der Waals surface area contributed by atoms with Crippen LogP contribution in [0.15, 0.2) is 0 Å². The number of rotatable bonds is 21. The van der Waals surface area contributed by atoms with E-state index >= 15 is 0 Å². The van der Waals surface area contributed by atoms with Crippen LogP contribution in [0.1, 0.15) is 26.2 Å². The Morgan fingerprint density at radius 2 is 0.954 bits per heavy atom. The first-order valence-corrected chi connectivity index (χ1v) is 22.5. The third-order valence-corrected chi connectivity index (χ3v) is 15.1. The molecule has 6 heterocycles. The van der Waals surface area contributed by atoms with E-state index in [2.05, 4.69) is 0 Å². The molecule has 0 radical (unpaired) electrons. The largest absolute Gasteiger partial charge is 0.479 e. The molecule has 0 aromatic rings. The van der Waals surface area contributed by atoms with Gasteiger partial charge in [0.25, 0.3) is 0 Å². The van der Waals surface area contributed by atoms with Crippen molar-refractivity contribution in [1.82, 2.24) is 0 Å². The summed E-state index contributed by atoms with van der Waals surface area (Å²) in [7, 11) is 0. The lowest BCUT2D eigenvalue weighted by Gasteiger charge is -2.60. The van der Waals surface area contributed by atoms with Crippen LogP contribution in [0.25, 0.3) is 0 Å². The van der Waals surface area contributed by atoms with Crippen LogP contribution >= 0.6 is 0 Å². The summed E-state index contributed by atoms with van der Waals surface area (Å²) >= 11 is 0. The van der Waals surface area contributed by atoms with Crippen LogP contribution in [0, 0.1) is 29.6 Å². The number of hydrogen-bond donors (Lipinski definition) is 14. The van der Waals surface area contributed by atoms with Crippen LogP contribution in [0.3, 0.4) is 0 Å². The number of aliphatic carboxylic acids is 1. The minimum absolute atomic E-state index is 0.0349. The molecule has 65 heavy (non-hydrogen) atoms. The predicted octanol–water partition coefficient (Wildman–Crippen LogP) is -7.40. The van der Waals surface area contributed by atoms with Crippen LogP contribution in [0.4, 0.5) is 0 Å². The molecule has 15 unspecified atom stereocenters. The Hall–Kier alpha value is -1.41. The van der Waals surface area contributed by atoms with E-state index in [1.165, 1.54) is 0 Å². The third kappa shape index (κ3) is 9.87. The van der Waals surface area contributed by atoms with Crippen molar-refractivity contribution in [1.29, 1.82) is 0 Å². The monoisotopic (exact) mass is 944 g/mol. The van der Waals surface area contributed by atoms with Gasteiger partial charge < -0.3 is 114 Å². The Labute approximate surface area is 374 Å². The predicted molar refractivity (Wildman–Crippen MR) is 210 cm³/mol. The maximum Gasteiger partial charge on any atom is 0.333 e. The highest BCUT2D eigenvalue weighted by atomic mass is 16.6. The molecule has 25 atom stereocenters. The summed E-state index contributed by atoms with van der Waals surface area (Å²) < 4.78 is 52.2. The smallest absolute Gasteiger partial charge is 0.333 e. The van der Waals surface area contributed by atoms with E-state index in [0.717, 1.165) is 0 Å². The fourth-order valence-corrected chi connectivity index (χ4v) is 10.9. The molecule has 0 amide bonds. The Balaban J connectivity index is 0.961. The summed E-state index contributed by atoms with van der Waals surface area (Å²) in [5.74, 6) is -5.81. The second-order valence-corrected chi connectivity index (χ2v) is 18.8. The van der Waals surface area contributed by atoms with Gasteiger partial charge in [-0.15, -0.1) is 0 Å². The molecule has 24 heteroatoms. The average molecular weight is 945 g/mol. The van der Waals surface area contributed by atoms with Crippen molar-refractivity contribution >= 4 is 5.97 Å². The Bertz CT molecular complexity index is 1550. The number of fused-ring (bicyclic) bond motifs is 4. The van der Waals surface area contributed by atoms with Gasteiger partial charge in [0.1, 0.15) is 72.2 Å². The standard InChI is InChI=1S/C41H68O24/c1-2-16-30(45)24(6-43)64-26(31(16)46)12-59-10-19-33(48)34(49)28(65-35(19)39(53)54)14-57-8-17-18(9-58-15-29-38(52)41(56)4-22(62-29)36(41)50)32(47)27(63-23(17)5-42)13-60-11-20-21-3-40(20,55)37(51)25(7-44)61-21/h16-38,42-52,55-56H,2-15H2,1H3,(H,53,54)/t16?,17-,18?,19-,20-,21?,22?,23?,24?,25-,26-,27-,28-,29-,30-,31?,32?,33?,34?,35?,36+,37?,38?,40?,41?/m0/s1. The van der Waals surface area contributed by atoms with Gasteiger partial charge in [0, 0.05) is 42.4 Å². The zero-order valence-corrected chi connectivity index (χ0v) is 36.0. The Kier molecular flexibility index (Phi) is 16.9. The van der Waals surface area contributed by atoms with Crippen LogP contribution in [0.5, 0.6) is 0 Å². The molecular formula is C41H68O24. The molecule has 8 aliphatic rings. The summed E-state index contributed by atoms with van der Waals surface area (Å²) in [6, 6.07) is 0. The van der Waals surface area contributed by atoms with Gasteiger partial charge in [-0.3, -0.25) is 0 Å². The topological polar surface area (TPSA) is 383 Å². The molecule has 6 saturated heterocycles. The van der Waals surface area contributed by atoms with Crippen LogP contribution < -0.4 is 0 Å². The molecule has 8 rings (SSSR count). The van der Waals surface area contributed by atoms with Crippen molar-refractivity contribution in [3.8, 4) is 0 Å². The van der Waals surface area contributed by atoms with Gasteiger partial charge in [0.15, 0.2) is 6.10 Å². The van der Waals surface area contributed by atoms with Gasteiger partial charge in [0.05, 0.1) is 115 Å². The van der Waals surface area contributed by atoms with Crippen molar-refractivity contribution < 1.29 is 119 Å². The number of carboxylic acid groups (broad SMARTS) is 1. The minimum Gasteiger partial charge on any atom is -0.479 e. The van der Waals surface area contributed by atoms with E-state index in [-0.39, 0.29) is 52.5 Å². The van der Waals surface area contributed by atoms with Crippen LogP contribution in [-0.4, -0.2) is 271 Å². The maximum atomic E-state index is 12.4. The van der Waals surface area contributed by atoms with E-state index in [0.29, 0.717) is 6.42 Å². The summed E-state index contributed by atoms with van der Waals surface area (Å²) in [5, 5.41) is 148. The molecule has 0 aromatic carbocycles. The first kappa shape index (κ1) is 51.4. The highest BCUT2D eigenvalue weighted by Crippen LogP contribution is 2.50. The second-order valence-electron chi connectivity index (χ2n) is 18.8. The number of carbonyl (C=O) groups is 1. The number of aliphatic hydroxyl groups excluding tert-OH is 11. The van der Waals surface area contributed by atoms with E-state index in [9.17, 15) is 76.3 Å². The van der Waals surface area contributed by atoms with Gasteiger partial charge in [-0.05, 0) is 6.42 Å². The molecule has 2 saturated carbocycles. The van der Waals surface area contributed by atoms with E-state index in [1.807, 2.05) is 0 Å². The molecule has 0 spiro atoms. The number of ether oxygens (including phenoxy) is 9. The highest BCUT2D eigenvalue weighted by Gasteiger charge is 2.65. The molecule has 0 aromatic heterocycles. The van der Waals surface area contributed by atoms with E-state index < -0.39 is 190 Å². The third-order valence-electron chi connectivity index (χ3n) is 15.1. The van der Waals surface area contributed by atoms with Gasteiger partial charge in [-0.1, -0.05) is 6.92 Å². The van der Waals surface area contributed by atoms with Crippen molar-refractivity contribution in [2.45, 2.75) is 147 Å². The molecule has 376 valence electrons. The van der Waals surface area contributed by atoms with Crippen LogP contribution in [-0.2, 0) is 47.4 Å². The summed E-state index contributed by atoms with van der Waals surface area (Å²) in [6.45, 7) is -2.25. The normalized spacial score (nSPS) is 50.6. The molecule has 2 aliphatic carbocycles. The van der Waals surface area contributed by atoms with E-state index in [1.54, 1.807) is 6.92 Å². The van der Waals surface area contributed by atoms with Gasteiger partial charge in [0.2, 0.25) is 0 Å². The second kappa shape index (κ2) is 21.3. The lowest BCUT2D eigenvalue weighted by Crippen LogP contribution is -2.76. The molecule has 6 aliphatic heterocycles. The quantitative estimate of drug-likeness (QED) is 0.0508. The Morgan fingerprint density at radius 3 is 1.54 bits per heavy atom. The lowest BCUT2D eigenvalue weighted by molar-refractivity contribution is -0.345. The van der Waals surface area contributed by atoms with Crippen molar-refractivity contribution in [2.75, 3.05) is 72.7 Å². The van der Waals surface area contributed by atoms with Crippen molar-refractivity contribution in [3.63, 3.8) is 0 Å². The molecule has 24 nitrogen and oxygen atoms in total. The van der Waals surface area contributed by atoms with Crippen LogP contribution in [0.2, 0.25) is 0 Å². The zero-order valence-electron chi connectivity index (χ0n) is 36.0. The van der Waals surface area contributed by atoms with Crippen molar-refractivity contribution in [2.24, 2.45) is 29.6 Å². The fraction of sp³-hybridized carbons (Fsp3) is 0.976. The zero-order chi connectivity index (χ0) is 47.1. The molecular weight excluding hydrogens is 876 g/mol. The maximum absolute atomic E-state index is 12.4. The molecule has 4 bridgehead atoms. The van der Waals surface area contributed by atoms with Gasteiger partial charge in [-0.25, -0.2) is 4.79 Å². The average Bonchev–Trinajstić information content (AvgIpc) is 3.28. The lowest BCUT2D eigenvalue weighted by atomic mass is 9.61. The summed E-state index contributed by atoms with van der Waals surface area (Å²) in [4.78, 5) is 12.4. The minimum atomic E-state index is -1.77. The number of aliphatic hydroxyl groups is 13. The summed E-state index contributed by atoms with van der Waals surface area (Å²) in [6.07, 6.45) is -21.0. The fourth-order valence-electron chi connectivity index (χ4n) is 10.9. The first-order valence-electron chi connectivity index (χ1n) is 22.5. The van der Waals surface area contributed by atoms with E-state index in [4.69, 9.17) is 42.6 Å². The van der Waals surface area contributed by atoms with Gasteiger partial charge in [-0.2, -0.15) is 0 Å². The first-order chi connectivity index (χ1) is 30.9. The molecule has 8 fully saturated rings. The number of hydrogen-bond acceptors (Lipinski definition) is 23.